The molecule has 1 heterocycles. The smallest absolute Gasteiger partial charge is 0.255 e. The van der Waals surface area contributed by atoms with Crippen molar-refractivity contribution < 1.29 is 22.7 Å². The fourth-order valence-electron chi connectivity index (χ4n) is 3.12. The third-order valence-corrected chi connectivity index (χ3v) is 6.61. The van der Waals surface area contributed by atoms with Gasteiger partial charge in [-0.15, -0.1) is 6.58 Å². The van der Waals surface area contributed by atoms with E-state index in [4.69, 9.17) is 4.74 Å². The summed E-state index contributed by atoms with van der Waals surface area (Å²) >= 11 is 0. The fraction of sp³-hybridized carbons (Fsp3) is 0.273. The number of hydrogen-bond donors (Lipinski definition) is 2. The van der Waals surface area contributed by atoms with Crippen LogP contribution in [0.25, 0.3) is 0 Å². The molecule has 1 saturated heterocycles. The zero-order valence-electron chi connectivity index (χ0n) is 17.0. The van der Waals surface area contributed by atoms with E-state index in [1.807, 2.05) is 0 Å². The summed E-state index contributed by atoms with van der Waals surface area (Å²) in [6.07, 6.45) is 1.57. The average molecular weight is 444 g/mol. The first-order valence-electron chi connectivity index (χ1n) is 9.84. The van der Waals surface area contributed by atoms with Crippen molar-refractivity contribution in [2.45, 2.75) is 5.75 Å². The Bertz CT molecular complexity index is 1050. The summed E-state index contributed by atoms with van der Waals surface area (Å²) in [5, 5.41) is 5.42. The van der Waals surface area contributed by atoms with Crippen LogP contribution < -0.4 is 10.6 Å². The van der Waals surface area contributed by atoms with Crippen molar-refractivity contribution in [2.75, 3.05) is 38.2 Å². The van der Waals surface area contributed by atoms with Crippen molar-refractivity contribution in [2.24, 2.45) is 0 Å². The molecule has 8 nitrogen and oxygen atoms in total. The molecule has 2 amide bonds. The number of para-hydroxylation sites is 1. The lowest BCUT2D eigenvalue weighted by atomic mass is 10.1. The van der Waals surface area contributed by atoms with E-state index in [0.717, 1.165) is 0 Å². The van der Waals surface area contributed by atoms with E-state index in [2.05, 4.69) is 17.2 Å². The molecular weight excluding hydrogens is 418 g/mol. The standard InChI is InChI=1S/C22H25N3O5S/c1-2-11-23-22(27)19-5-3-4-6-20(19)24-21(26)18-9-7-17(8-10-18)16-31(28,29)25-12-14-30-15-13-25/h2-10H,1,11-16H2,(H,23,27)(H,24,26). The minimum atomic E-state index is -3.44. The molecule has 0 spiro atoms. The molecule has 2 N–H and O–H groups in total. The summed E-state index contributed by atoms with van der Waals surface area (Å²) < 4.78 is 31.7. The SMILES string of the molecule is C=CCNC(=O)c1ccccc1NC(=O)c1ccc(CS(=O)(=O)N2CCOCC2)cc1. The summed E-state index contributed by atoms with van der Waals surface area (Å²) in [6, 6.07) is 13.1. The Kier molecular flexibility index (Phi) is 7.56. The lowest BCUT2D eigenvalue weighted by molar-refractivity contribution is 0.0729. The Morgan fingerprint density at radius 3 is 2.39 bits per heavy atom. The molecule has 31 heavy (non-hydrogen) atoms. The van der Waals surface area contributed by atoms with Gasteiger partial charge < -0.3 is 15.4 Å². The molecule has 2 aromatic carbocycles. The van der Waals surface area contributed by atoms with Crippen molar-refractivity contribution in [3.63, 3.8) is 0 Å². The number of sulfonamides is 1. The summed E-state index contributed by atoms with van der Waals surface area (Å²) in [4.78, 5) is 24.9. The molecule has 1 fully saturated rings. The first kappa shape index (κ1) is 22.7. The zero-order valence-corrected chi connectivity index (χ0v) is 17.9. The van der Waals surface area contributed by atoms with Crippen molar-refractivity contribution in [3.05, 3.63) is 77.9 Å². The lowest BCUT2D eigenvalue weighted by Crippen LogP contribution is -2.41. The molecule has 2 aromatic rings. The third-order valence-electron chi connectivity index (χ3n) is 4.76. The van der Waals surface area contributed by atoms with Crippen LogP contribution in [-0.2, 0) is 20.5 Å². The predicted octanol–water partition coefficient (Wildman–Crippen LogP) is 2.02. The van der Waals surface area contributed by atoms with Crippen LogP contribution in [-0.4, -0.2) is 57.4 Å². The Hall–Kier alpha value is -3.01. The second kappa shape index (κ2) is 10.3. The molecular formula is C22H25N3O5S. The van der Waals surface area contributed by atoms with E-state index < -0.39 is 15.9 Å². The number of hydrogen-bond acceptors (Lipinski definition) is 5. The minimum Gasteiger partial charge on any atom is -0.379 e. The van der Waals surface area contributed by atoms with Crippen LogP contribution in [0.3, 0.4) is 0 Å². The van der Waals surface area contributed by atoms with Crippen LogP contribution >= 0.6 is 0 Å². The zero-order chi connectivity index (χ0) is 22.3. The molecule has 3 rings (SSSR count). The highest BCUT2D eigenvalue weighted by atomic mass is 32.2. The molecule has 0 radical (unpaired) electrons. The Labute approximate surface area is 181 Å². The summed E-state index contributed by atoms with van der Waals surface area (Å²) in [7, 11) is -3.44. The molecule has 0 bridgehead atoms. The number of rotatable bonds is 8. The number of carbonyl (C=O) groups excluding carboxylic acids is 2. The largest absolute Gasteiger partial charge is 0.379 e. The molecule has 1 aliphatic heterocycles. The number of benzene rings is 2. The van der Waals surface area contributed by atoms with E-state index >= 15 is 0 Å². The van der Waals surface area contributed by atoms with Gasteiger partial charge in [0.2, 0.25) is 10.0 Å². The molecule has 0 saturated carbocycles. The molecule has 164 valence electrons. The molecule has 0 atom stereocenters. The van der Waals surface area contributed by atoms with Crippen LogP contribution in [0.1, 0.15) is 26.3 Å². The van der Waals surface area contributed by atoms with E-state index in [0.29, 0.717) is 55.2 Å². The van der Waals surface area contributed by atoms with E-state index in [9.17, 15) is 18.0 Å². The average Bonchev–Trinajstić information content (AvgIpc) is 2.78. The summed E-state index contributed by atoms with van der Waals surface area (Å²) in [6.45, 7) is 5.37. The van der Waals surface area contributed by atoms with Gasteiger partial charge in [0.1, 0.15) is 0 Å². The second-order valence-corrected chi connectivity index (χ2v) is 8.93. The second-order valence-electron chi connectivity index (χ2n) is 6.96. The van der Waals surface area contributed by atoms with Gasteiger partial charge in [-0.25, -0.2) is 8.42 Å². The van der Waals surface area contributed by atoms with Crippen LogP contribution in [0, 0.1) is 0 Å². The number of morpholine rings is 1. The Balaban J connectivity index is 1.67. The van der Waals surface area contributed by atoms with E-state index in [1.165, 1.54) is 4.31 Å². The Morgan fingerprint density at radius 2 is 1.71 bits per heavy atom. The molecule has 0 aromatic heterocycles. The fourth-order valence-corrected chi connectivity index (χ4v) is 4.63. The van der Waals surface area contributed by atoms with Gasteiger partial charge in [0, 0.05) is 25.2 Å². The van der Waals surface area contributed by atoms with Crippen molar-refractivity contribution in [1.29, 1.82) is 0 Å². The number of anilines is 1. The predicted molar refractivity (Wildman–Crippen MR) is 118 cm³/mol. The maximum absolute atomic E-state index is 12.6. The molecule has 9 heteroatoms. The van der Waals surface area contributed by atoms with Crippen LogP contribution in [0.15, 0.2) is 61.2 Å². The van der Waals surface area contributed by atoms with Gasteiger partial charge >= 0.3 is 0 Å². The third kappa shape index (κ3) is 6.00. The van der Waals surface area contributed by atoms with Gasteiger partial charge in [0.05, 0.1) is 30.2 Å². The number of nitrogens with one attached hydrogen (secondary N) is 2. The summed E-state index contributed by atoms with van der Waals surface area (Å²) in [5.74, 6) is -0.854. The first-order chi connectivity index (χ1) is 14.9. The van der Waals surface area contributed by atoms with Crippen LogP contribution in [0.5, 0.6) is 0 Å². The molecule has 0 unspecified atom stereocenters. The normalized spacial score (nSPS) is 14.6. The van der Waals surface area contributed by atoms with Gasteiger partial charge in [0.15, 0.2) is 0 Å². The van der Waals surface area contributed by atoms with Crippen molar-refractivity contribution in [3.8, 4) is 0 Å². The monoisotopic (exact) mass is 443 g/mol. The number of nitrogens with zero attached hydrogens (tertiary/aromatic N) is 1. The van der Waals surface area contributed by atoms with Crippen LogP contribution in [0.2, 0.25) is 0 Å². The van der Waals surface area contributed by atoms with Crippen molar-refractivity contribution in [1.82, 2.24) is 9.62 Å². The highest BCUT2D eigenvalue weighted by molar-refractivity contribution is 7.88. The maximum Gasteiger partial charge on any atom is 0.255 e. The number of carbonyl (C=O) groups is 2. The molecule has 0 aliphatic carbocycles. The van der Waals surface area contributed by atoms with Crippen molar-refractivity contribution >= 4 is 27.5 Å². The van der Waals surface area contributed by atoms with Gasteiger partial charge in [-0.05, 0) is 29.8 Å². The van der Waals surface area contributed by atoms with E-state index in [1.54, 1.807) is 54.6 Å². The topological polar surface area (TPSA) is 105 Å². The van der Waals surface area contributed by atoms with Gasteiger partial charge in [-0.2, -0.15) is 4.31 Å². The maximum atomic E-state index is 12.6. The van der Waals surface area contributed by atoms with Crippen LogP contribution in [0.4, 0.5) is 5.69 Å². The minimum absolute atomic E-state index is 0.138. The highest BCUT2D eigenvalue weighted by Gasteiger charge is 2.24. The Morgan fingerprint density at radius 1 is 1.03 bits per heavy atom. The highest BCUT2D eigenvalue weighted by Crippen LogP contribution is 2.18. The summed E-state index contributed by atoms with van der Waals surface area (Å²) in [5.41, 5.74) is 1.67. The quantitative estimate of drug-likeness (QED) is 0.608. The molecule has 1 aliphatic rings. The van der Waals surface area contributed by atoms with E-state index in [-0.39, 0.29) is 11.7 Å². The lowest BCUT2D eigenvalue weighted by Gasteiger charge is -2.26. The number of amides is 2. The van der Waals surface area contributed by atoms with Gasteiger partial charge in [0.25, 0.3) is 11.8 Å². The van der Waals surface area contributed by atoms with Gasteiger partial charge in [-0.3, -0.25) is 9.59 Å². The van der Waals surface area contributed by atoms with Gasteiger partial charge in [-0.1, -0.05) is 30.3 Å². The first-order valence-corrected chi connectivity index (χ1v) is 11.5. The number of ether oxygens (including phenoxy) is 1.